The van der Waals surface area contributed by atoms with E-state index in [1.807, 2.05) is 0 Å². The van der Waals surface area contributed by atoms with Crippen LogP contribution in [0.1, 0.15) is 26.2 Å². The molecule has 0 unspecified atom stereocenters. The second-order valence-corrected chi connectivity index (χ2v) is 1.43. The number of aliphatic hydroxyl groups excluding tert-OH is 1. The van der Waals surface area contributed by atoms with Crippen LogP contribution in [0.25, 0.3) is 0 Å². The maximum absolute atomic E-state index is 8.20. The third kappa shape index (κ3) is 98.8. The Hall–Kier alpha value is 0.980. The van der Waals surface area contributed by atoms with Crippen molar-refractivity contribution in [3.05, 3.63) is 0 Å². The average Bonchev–Trinajstić information content (AvgIpc) is 1.61. The molecule has 0 aromatic heterocycles. The van der Waals surface area contributed by atoms with Crippen molar-refractivity contribution < 1.29 is 38.0 Å². The molecular weight excluding hydrogens is 212 g/mol. The van der Waals surface area contributed by atoms with Gasteiger partial charge in [-0.05, 0) is 6.42 Å². The number of rotatable bonds is 3. The molecule has 7 nitrogen and oxygen atoms in total. The molecule has 13 N–H and O–H groups in total. The summed E-state index contributed by atoms with van der Waals surface area (Å²) in [5.41, 5.74) is 0. The van der Waals surface area contributed by atoms with Gasteiger partial charge < -0.3 is 38.0 Å². The van der Waals surface area contributed by atoms with E-state index in [1.54, 1.807) is 0 Å². The fourth-order valence-corrected chi connectivity index (χ4v) is 0.362. The summed E-state index contributed by atoms with van der Waals surface area (Å²) in [7, 11) is 0. The van der Waals surface area contributed by atoms with Crippen LogP contribution in [0.2, 0.25) is 0 Å². The first-order valence-corrected chi connectivity index (χ1v) is 2.52. The van der Waals surface area contributed by atoms with E-state index in [2.05, 4.69) is 6.92 Å². The van der Waals surface area contributed by atoms with Gasteiger partial charge in [0.1, 0.15) is 0 Å². The summed E-state index contributed by atoms with van der Waals surface area (Å²) in [5.74, 6) is 0. The molecule has 0 saturated carbocycles. The van der Waals surface area contributed by atoms with Crippen molar-refractivity contribution in [2.45, 2.75) is 26.2 Å². The van der Waals surface area contributed by atoms with Gasteiger partial charge in [-0.3, -0.25) is 0 Å². The van der Waals surface area contributed by atoms with Crippen molar-refractivity contribution in [2.24, 2.45) is 0 Å². The van der Waals surface area contributed by atoms with Crippen LogP contribution in [0.5, 0.6) is 0 Å². The fraction of sp³-hybridized carbons (Fsp3) is 1.00. The second-order valence-electron chi connectivity index (χ2n) is 1.43. The van der Waals surface area contributed by atoms with E-state index in [9.17, 15) is 0 Å². The third-order valence-electron chi connectivity index (χ3n) is 0.762. The number of unbranched alkanes of at least 4 members (excludes halogenated alkanes) is 2. The van der Waals surface area contributed by atoms with E-state index in [-0.39, 0.29) is 70.6 Å². The van der Waals surface area contributed by atoms with Crippen molar-refractivity contribution in [3.63, 3.8) is 0 Å². The van der Waals surface area contributed by atoms with Gasteiger partial charge in [0.05, 0.1) is 0 Å². The number of hydrogen-bond acceptors (Lipinski definition) is 1. The third-order valence-corrected chi connectivity index (χ3v) is 0.762. The van der Waals surface area contributed by atoms with Crippen LogP contribution in [-0.2, 0) is 0 Å². The van der Waals surface area contributed by atoms with Crippen LogP contribution >= 0.6 is 0 Å². The Kier molecular flexibility index (Phi) is 381. The molecule has 0 atom stereocenters. The van der Waals surface area contributed by atoms with Gasteiger partial charge >= 0.3 is 37.7 Å². The van der Waals surface area contributed by atoms with Gasteiger partial charge in [0, 0.05) is 6.61 Å². The average molecular weight is 238 g/mol. The van der Waals surface area contributed by atoms with Crippen LogP contribution in [0.3, 0.4) is 0 Å². The molecule has 0 aliphatic carbocycles. The Morgan fingerprint density at radius 1 is 0.769 bits per heavy atom. The fourth-order valence-electron chi connectivity index (χ4n) is 0.362. The van der Waals surface area contributed by atoms with Crippen LogP contribution in [0.15, 0.2) is 0 Å². The summed E-state index contributed by atoms with van der Waals surface area (Å²) in [6.07, 6.45) is 3.33. The molecule has 0 amide bonds. The summed E-state index contributed by atoms with van der Waals surface area (Å²) in [6.45, 7) is 2.48. The van der Waals surface area contributed by atoms with E-state index in [0.717, 1.165) is 12.8 Å². The predicted octanol–water partition coefficient (Wildman–Crippen LogP) is -4.70. The van der Waals surface area contributed by atoms with E-state index in [0.29, 0.717) is 6.61 Å². The quantitative estimate of drug-likeness (QED) is 0.372. The first-order chi connectivity index (χ1) is 2.91. The zero-order valence-corrected chi connectivity index (χ0v) is 7.28. The molecule has 0 fully saturated rings. The van der Waals surface area contributed by atoms with Gasteiger partial charge in [-0.1, -0.05) is 19.8 Å². The van der Waals surface area contributed by atoms with Crippen molar-refractivity contribution in [2.75, 3.05) is 6.61 Å². The summed E-state index contributed by atoms with van der Waals surface area (Å²) in [4.78, 5) is 0. The topological polar surface area (TPSA) is 209 Å². The molecule has 0 aliphatic heterocycles. The Balaban J connectivity index is -0.00000000595. The summed E-state index contributed by atoms with van der Waals surface area (Å²) in [6, 6.07) is 0. The SMILES string of the molecule is CCCCCO.O.O.O.O.O.O.[CaH2]. The van der Waals surface area contributed by atoms with Crippen LogP contribution in [-0.4, -0.2) is 82.3 Å². The molecule has 8 heteroatoms. The molecule has 90 valence electrons. The Labute approximate surface area is 108 Å². The first kappa shape index (κ1) is 65.9. The normalized spacial score (nSPS) is 4.15. The van der Waals surface area contributed by atoms with Crippen LogP contribution in [0.4, 0.5) is 0 Å². The molecule has 0 bridgehead atoms. The maximum atomic E-state index is 8.20. The van der Waals surface area contributed by atoms with Gasteiger partial charge in [-0.2, -0.15) is 0 Å². The Morgan fingerprint density at radius 2 is 1.08 bits per heavy atom. The molecular formula is C5H26CaO7. The molecule has 0 rings (SSSR count). The van der Waals surface area contributed by atoms with E-state index < -0.39 is 0 Å². The van der Waals surface area contributed by atoms with Crippen molar-refractivity contribution in [3.8, 4) is 0 Å². The molecule has 0 aromatic carbocycles. The molecule has 13 heavy (non-hydrogen) atoms. The van der Waals surface area contributed by atoms with Crippen molar-refractivity contribution >= 4 is 37.7 Å². The zero-order valence-electron chi connectivity index (χ0n) is 7.28. The standard InChI is InChI=1S/C5H12O.Ca.6H2O.2H/c1-2-3-4-5-6;;;;;;;;;/h6H,2-5H2,1H3;;6*1H2;;. The zero-order chi connectivity index (χ0) is 4.83. The second kappa shape index (κ2) is 75.1. The van der Waals surface area contributed by atoms with E-state index >= 15 is 0 Å². The Bertz CT molecular complexity index is 28.8. The first-order valence-electron chi connectivity index (χ1n) is 2.52. The summed E-state index contributed by atoms with van der Waals surface area (Å²) >= 11 is 0. The minimum atomic E-state index is 0. The predicted molar refractivity (Wildman–Crippen MR) is 56.8 cm³/mol. The molecule has 0 saturated heterocycles. The van der Waals surface area contributed by atoms with Crippen molar-refractivity contribution in [1.82, 2.24) is 0 Å². The molecule has 0 aromatic rings. The summed E-state index contributed by atoms with van der Waals surface area (Å²) in [5, 5.41) is 8.20. The van der Waals surface area contributed by atoms with Gasteiger partial charge in [-0.15, -0.1) is 0 Å². The van der Waals surface area contributed by atoms with Crippen LogP contribution < -0.4 is 0 Å². The van der Waals surface area contributed by atoms with E-state index in [4.69, 9.17) is 5.11 Å². The van der Waals surface area contributed by atoms with Gasteiger partial charge in [0.25, 0.3) is 0 Å². The minimum absolute atomic E-state index is 0. The monoisotopic (exact) mass is 238 g/mol. The van der Waals surface area contributed by atoms with Gasteiger partial charge in [0.2, 0.25) is 0 Å². The number of aliphatic hydroxyl groups is 1. The van der Waals surface area contributed by atoms with E-state index in [1.165, 1.54) is 6.42 Å². The van der Waals surface area contributed by atoms with Gasteiger partial charge in [0.15, 0.2) is 0 Å². The number of hydrogen-bond donors (Lipinski definition) is 1. The van der Waals surface area contributed by atoms with Crippen molar-refractivity contribution in [1.29, 1.82) is 0 Å². The Morgan fingerprint density at radius 3 is 1.15 bits per heavy atom. The summed E-state index contributed by atoms with van der Waals surface area (Å²) < 4.78 is 0. The molecule has 0 spiro atoms. The molecule has 0 radical (unpaired) electrons. The van der Waals surface area contributed by atoms with Crippen LogP contribution in [0, 0.1) is 0 Å². The molecule has 0 heterocycles. The molecule has 0 aliphatic rings. The van der Waals surface area contributed by atoms with Gasteiger partial charge in [-0.25, -0.2) is 0 Å².